The molecule has 0 aliphatic heterocycles. The van der Waals surface area contributed by atoms with Gasteiger partial charge in [-0.15, -0.1) is 0 Å². The summed E-state index contributed by atoms with van der Waals surface area (Å²) in [7, 11) is 0. The minimum Gasteiger partial charge on any atom is -0.352 e. The molecule has 0 saturated carbocycles. The summed E-state index contributed by atoms with van der Waals surface area (Å²) in [5.74, 6) is 0. The lowest BCUT2D eigenvalue weighted by molar-refractivity contribution is 0.248. The lowest BCUT2D eigenvalue weighted by Gasteiger charge is -1.94. The predicted octanol–water partition coefficient (Wildman–Crippen LogP) is -0.114. The number of nitrogens with zero attached hydrogens (tertiary/aromatic N) is 1. The molecule has 0 fully saturated rings. The van der Waals surface area contributed by atoms with E-state index in [2.05, 4.69) is 15.5 Å². The standard InChI is InChI=1S/C6H10N4O/c1-4-2-5(10-9-4)3-8-6(7)11/h2H,3H2,1H3,(H,9,10)(H3,7,8,11). The Morgan fingerprint density at radius 2 is 2.64 bits per heavy atom. The Bertz CT molecular complexity index is 255. The van der Waals surface area contributed by atoms with Crippen molar-refractivity contribution in [2.75, 3.05) is 0 Å². The van der Waals surface area contributed by atoms with Crippen molar-refractivity contribution in [3.63, 3.8) is 0 Å². The first-order valence-electron chi connectivity index (χ1n) is 3.22. The summed E-state index contributed by atoms with van der Waals surface area (Å²) in [6.07, 6.45) is 0. The first-order chi connectivity index (χ1) is 5.18. The van der Waals surface area contributed by atoms with E-state index in [-0.39, 0.29) is 0 Å². The fourth-order valence-electron chi connectivity index (χ4n) is 0.743. The van der Waals surface area contributed by atoms with Gasteiger partial charge in [-0.1, -0.05) is 0 Å². The second kappa shape index (κ2) is 3.05. The molecular formula is C6H10N4O. The third kappa shape index (κ3) is 2.29. The van der Waals surface area contributed by atoms with Crippen molar-refractivity contribution < 1.29 is 4.79 Å². The van der Waals surface area contributed by atoms with E-state index in [1.54, 1.807) is 0 Å². The van der Waals surface area contributed by atoms with Crippen molar-refractivity contribution in [1.29, 1.82) is 0 Å². The molecule has 1 rings (SSSR count). The van der Waals surface area contributed by atoms with Gasteiger partial charge < -0.3 is 11.1 Å². The number of aryl methyl sites for hydroxylation is 1. The summed E-state index contributed by atoms with van der Waals surface area (Å²) in [6, 6.07) is 1.31. The Hall–Kier alpha value is -1.52. The highest BCUT2D eigenvalue weighted by atomic mass is 16.2. The molecule has 0 atom stereocenters. The van der Waals surface area contributed by atoms with Gasteiger partial charge >= 0.3 is 6.03 Å². The number of hydrogen-bond acceptors (Lipinski definition) is 2. The van der Waals surface area contributed by atoms with E-state index in [1.165, 1.54) is 0 Å². The van der Waals surface area contributed by atoms with Crippen LogP contribution in [0.15, 0.2) is 6.07 Å². The van der Waals surface area contributed by atoms with Gasteiger partial charge in [0, 0.05) is 5.69 Å². The number of hydrogen-bond donors (Lipinski definition) is 3. The van der Waals surface area contributed by atoms with Crippen LogP contribution in [0.25, 0.3) is 0 Å². The van der Waals surface area contributed by atoms with Crippen LogP contribution >= 0.6 is 0 Å². The maximum absolute atomic E-state index is 10.3. The Labute approximate surface area is 64.0 Å². The Morgan fingerprint density at radius 3 is 3.09 bits per heavy atom. The molecular weight excluding hydrogens is 144 g/mol. The number of rotatable bonds is 2. The van der Waals surface area contributed by atoms with Gasteiger partial charge in [0.1, 0.15) is 0 Å². The smallest absolute Gasteiger partial charge is 0.312 e. The number of nitrogens with two attached hydrogens (primary N) is 1. The van der Waals surface area contributed by atoms with Crippen LogP contribution in [0.2, 0.25) is 0 Å². The lowest BCUT2D eigenvalue weighted by atomic mass is 10.4. The van der Waals surface area contributed by atoms with Gasteiger partial charge in [-0.05, 0) is 13.0 Å². The average Bonchev–Trinajstić information content (AvgIpc) is 2.31. The highest BCUT2D eigenvalue weighted by Crippen LogP contribution is 1.95. The molecule has 5 nitrogen and oxygen atoms in total. The van der Waals surface area contributed by atoms with E-state index < -0.39 is 6.03 Å². The van der Waals surface area contributed by atoms with Crippen molar-refractivity contribution in [1.82, 2.24) is 15.5 Å². The first kappa shape index (κ1) is 7.59. The highest BCUT2D eigenvalue weighted by molar-refractivity contribution is 5.71. The third-order valence-electron chi connectivity index (χ3n) is 1.20. The van der Waals surface area contributed by atoms with Crippen LogP contribution in [0.4, 0.5) is 4.79 Å². The number of carbonyl (C=O) groups is 1. The topological polar surface area (TPSA) is 83.8 Å². The second-order valence-electron chi connectivity index (χ2n) is 2.26. The van der Waals surface area contributed by atoms with E-state index in [0.717, 1.165) is 11.4 Å². The van der Waals surface area contributed by atoms with Crippen LogP contribution in [-0.4, -0.2) is 16.2 Å². The number of H-pyrrole nitrogens is 1. The van der Waals surface area contributed by atoms with Crippen LogP contribution in [0.3, 0.4) is 0 Å². The Balaban J connectivity index is 2.45. The van der Waals surface area contributed by atoms with Gasteiger partial charge in [0.05, 0.1) is 12.2 Å². The summed E-state index contributed by atoms with van der Waals surface area (Å²) in [5, 5.41) is 9.07. The van der Waals surface area contributed by atoms with Crippen molar-refractivity contribution in [3.05, 3.63) is 17.5 Å². The number of urea groups is 1. The summed E-state index contributed by atoms with van der Waals surface area (Å²) in [5.41, 5.74) is 6.60. The van der Waals surface area contributed by atoms with E-state index >= 15 is 0 Å². The highest BCUT2D eigenvalue weighted by Gasteiger charge is 1.97. The molecule has 1 aromatic heterocycles. The van der Waals surface area contributed by atoms with E-state index in [1.807, 2.05) is 13.0 Å². The summed E-state index contributed by atoms with van der Waals surface area (Å²) >= 11 is 0. The predicted molar refractivity (Wildman–Crippen MR) is 39.7 cm³/mol. The van der Waals surface area contributed by atoms with Crippen LogP contribution in [0, 0.1) is 6.92 Å². The number of carbonyl (C=O) groups excluding carboxylic acids is 1. The molecule has 2 amide bonds. The van der Waals surface area contributed by atoms with E-state index in [0.29, 0.717) is 6.54 Å². The Kier molecular flexibility index (Phi) is 2.10. The lowest BCUT2D eigenvalue weighted by Crippen LogP contribution is -2.28. The third-order valence-corrected chi connectivity index (χ3v) is 1.20. The van der Waals surface area contributed by atoms with Gasteiger partial charge in [-0.2, -0.15) is 5.10 Å². The Morgan fingerprint density at radius 1 is 1.91 bits per heavy atom. The fourth-order valence-corrected chi connectivity index (χ4v) is 0.743. The fraction of sp³-hybridized carbons (Fsp3) is 0.333. The van der Waals surface area contributed by atoms with E-state index in [4.69, 9.17) is 5.73 Å². The van der Waals surface area contributed by atoms with Crippen molar-refractivity contribution in [3.8, 4) is 0 Å². The first-order valence-corrected chi connectivity index (χ1v) is 3.22. The molecule has 0 spiro atoms. The molecule has 5 heteroatoms. The molecule has 0 radical (unpaired) electrons. The number of aromatic nitrogens is 2. The van der Waals surface area contributed by atoms with Crippen molar-refractivity contribution in [2.45, 2.75) is 13.5 Å². The molecule has 0 aliphatic rings. The molecule has 0 aliphatic carbocycles. The maximum atomic E-state index is 10.3. The maximum Gasteiger partial charge on any atom is 0.312 e. The molecule has 0 unspecified atom stereocenters. The number of amides is 2. The van der Waals surface area contributed by atoms with Crippen molar-refractivity contribution >= 4 is 6.03 Å². The zero-order valence-corrected chi connectivity index (χ0v) is 6.22. The zero-order valence-electron chi connectivity index (χ0n) is 6.22. The molecule has 0 saturated heterocycles. The normalized spacial score (nSPS) is 9.55. The molecule has 1 heterocycles. The zero-order chi connectivity index (χ0) is 8.27. The number of aromatic amines is 1. The van der Waals surface area contributed by atoms with Gasteiger partial charge in [-0.3, -0.25) is 5.10 Å². The number of nitrogens with one attached hydrogen (secondary N) is 2. The minimum absolute atomic E-state index is 0.375. The monoisotopic (exact) mass is 154 g/mol. The summed E-state index contributed by atoms with van der Waals surface area (Å²) < 4.78 is 0. The molecule has 60 valence electrons. The average molecular weight is 154 g/mol. The summed E-state index contributed by atoms with van der Waals surface area (Å²) in [4.78, 5) is 10.3. The summed E-state index contributed by atoms with van der Waals surface area (Å²) in [6.45, 7) is 2.26. The van der Waals surface area contributed by atoms with Gasteiger partial charge in [0.25, 0.3) is 0 Å². The van der Waals surface area contributed by atoms with Crippen LogP contribution in [-0.2, 0) is 6.54 Å². The van der Waals surface area contributed by atoms with Crippen LogP contribution < -0.4 is 11.1 Å². The quantitative estimate of drug-likeness (QED) is 0.555. The molecule has 0 aromatic carbocycles. The largest absolute Gasteiger partial charge is 0.352 e. The van der Waals surface area contributed by atoms with Crippen molar-refractivity contribution in [2.24, 2.45) is 5.73 Å². The second-order valence-corrected chi connectivity index (χ2v) is 2.26. The number of primary amides is 1. The van der Waals surface area contributed by atoms with Crippen LogP contribution in [0.5, 0.6) is 0 Å². The minimum atomic E-state index is -0.536. The van der Waals surface area contributed by atoms with Gasteiger partial charge in [-0.25, -0.2) is 4.79 Å². The van der Waals surface area contributed by atoms with E-state index in [9.17, 15) is 4.79 Å². The molecule has 1 aromatic rings. The van der Waals surface area contributed by atoms with Crippen LogP contribution in [0.1, 0.15) is 11.4 Å². The molecule has 4 N–H and O–H groups in total. The van der Waals surface area contributed by atoms with Gasteiger partial charge in [0.2, 0.25) is 0 Å². The SMILES string of the molecule is Cc1cc(CNC(N)=O)n[nH]1. The van der Waals surface area contributed by atoms with Gasteiger partial charge in [0.15, 0.2) is 0 Å². The molecule has 0 bridgehead atoms. The molecule has 11 heavy (non-hydrogen) atoms.